The number of aliphatic hydroxyl groups is 1. The molecule has 0 atom stereocenters. The van der Waals surface area contributed by atoms with Gasteiger partial charge in [0.05, 0.1) is 5.60 Å². The highest BCUT2D eigenvalue weighted by atomic mass is 127. The van der Waals surface area contributed by atoms with Crippen LogP contribution < -0.4 is 5.32 Å². The Balaban J connectivity index is 1.90. The molecule has 0 aromatic heterocycles. The van der Waals surface area contributed by atoms with Crippen molar-refractivity contribution in [3.8, 4) is 0 Å². The molecule has 0 saturated heterocycles. The lowest BCUT2D eigenvalue weighted by molar-refractivity contribution is 0.0246. The predicted molar refractivity (Wildman–Crippen MR) is 84.1 cm³/mol. The summed E-state index contributed by atoms with van der Waals surface area (Å²) >= 11 is 2.21. The van der Waals surface area contributed by atoms with Gasteiger partial charge in [0.1, 0.15) is 0 Å². The van der Waals surface area contributed by atoms with Crippen molar-refractivity contribution in [1.29, 1.82) is 0 Å². The van der Waals surface area contributed by atoms with Crippen LogP contribution in [0.4, 0.5) is 0 Å². The topological polar surface area (TPSA) is 49.3 Å². The lowest BCUT2D eigenvalue weighted by atomic mass is 9.94. The summed E-state index contributed by atoms with van der Waals surface area (Å²) in [5.74, 6) is -0.103. The Bertz CT molecular complexity index is 422. The maximum Gasteiger partial charge on any atom is 0.251 e. The van der Waals surface area contributed by atoms with Crippen LogP contribution in [0.5, 0.6) is 0 Å². The summed E-state index contributed by atoms with van der Waals surface area (Å²) in [6, 6.07) is 7.45. The van der Waals surface area contributed by atoms with Crippen molar-refractivity contribution in [3.63, 3.8) is 0 Å². The number of hydrogen-bond acceptors (Lipinski definition) is 2. The second-order valence-electron chi connectivity index (χ2n) is 5.33. The van der Waals surface area contributed by atoms with Crippen molar-refractivity contribution in [3.05, 3.63) is 33.4 Å². The number of benzene rings is 1. The van der Waals surface area contributed by atoms with Gasteiger partial charge in [-0.3, -0.25) is 4.79 Å². The normalized spacial score (nSPS) is 18.6. The van der Waals surface area contributed by atoms with Gasteiger partial charge in [0.15, 0.2) is 0 Å². The van der Waals surface area contributed by atoms with E-state index in [9.17, 15) is 9.90 Å². The minimum Gasteiger partial charge on any atom is -0.388 e. The second kappa shape index (κ2) is 6.70. The summed E-state index contributed by atoms with van der Waals surface area (Å²) < 4.78 is 1.11. The van der Waals surface area contributed by atoms with Gasteiger partial charge in [-0.15, -0.1) is 0 Å². The van der Waals surface area contributed by atoms with Crippen LogP contribution in [0, 0.1) is 3.57 Å². The van der Waals surface area contributed by atoms with Crippen LogP contribution in [0.25, 0.3) is 0 Å². The Kier molecular flexibility index (Phi) is 5.21. The van der Waals surface area contributed by atoms with Crippen molar-refractivity contribution >= 4 is 28.5 Å². The second-order valence-corrected chi connectivity index (χ2v) is 6.57. The summed E-state index contributed by atoms with van der Waals surface area (Å²) in [4.78, 5) is 12.0. The first-order valence-corrected chi connectivity index (χ1v) is 7.93. The molecule has 0 spiro atoms. The molecule has 1 aromatic rings. The average molecular weight is 373 g/mol. The van der Waals surface area contributed by atoms with Crippen LogP contribution >= 0.6 is 22.6 Å². The largest absolute Gasteiger partial charge is 0.388 e. The molecular formula is C15H20INO2. The minimum atomic E-state index is -0.713. The highest BCUT2D eigenvalue weighted by Crippen LogP contribution is 2.26. The summed E-state index contributed by atoms with van der Waals surface area (Å²) in [5.41, 5.74) is -0.0623. The molecule has 104 valence electrons. The molecule has 1 aromatic carbocycles. The van der Waals surface area contributed by atoms with Crippen molar-refractivity contribution in [1.82, 2.24) is 5.32 Å². The molecule has 19 heavy (non-hydrogen) atoms. The molecule has 2 rings (SSSR count). The summed E-state index contributed by atoms with van der Waals surface area (Å²) in [6.07, 6.45) is 6.06. The van der Waals surface area contributed by atoms with Gasteiger partial charge < -0.3 is 10.4 Å². The van der Waals surface area contributed by atoms with Crippen LogP contribution in [-0.4, -0.2) is 23.2 Å². The van der Waals surface area contributed by atoms with Gasteiger partial charge in [0, 0.05) is 15.7 Å². The number of amides is 1. The molecule has 1 aliphatic carbocycles. The van der Waals surface area contributed by atoms with E-state index in [4.69, 9.17) is 0 Å². The van der Waals surface area contributed by atoms with Gasteiger partial charge >= 0.3 is 0 Å². The molecule has 2 N–H and O–H groups in total. The molecule has 0 heterocycles. The van der Waals surface area contributed by atoms with Crippen molar-refractivity contribution in [2.75, 3.05) is 6.54 Å². The fraction of sp³-hybridized carbons (Fsp3) is 0.533. The zero-order valence-electron chi connectivity index (χ0n) is 11.0. The van der Waals surface area contributed by atoms with E-state index in [2.05, 4.69) is 27.9 Å². The Labute approximate surface area is 127 Å². The quantitative estimate of drug-likeness (QED) is 0.632. The fourth-order valence-corrected chi connectivity index (χ4v) is 2.87. The molecule has 1 saturated carbocycles. The number of hydrogen-bond donors (Lipinski definition) is 2. The minimum absolute atomic E-state index is 0.103. The van der Waals surface area contributed by atoms with Crippen molar-refractivity contribution < 1.29 is 9.90 Å². The number of nitrogens with one attached hydrogen (secondary N) is 1. The molecule has 0 aliphatic heterocycles. The molecular weight excluding hydrogens is 353 g/mol. The van der Waals surface area contributed by atoms with Gasteiger partial charge in [0.2, 0.25) is 0 Å². The number of carbonyl (C=O) groups excluding carboxylic acids is 1. The summed E-state index contributed by atoms with van der Waals surface area (Å²) in [6.45, 7) is 0.359. The van der Waals surface area contributed by atoms with Crippen LogP contribution in [-0.2, 0) is 0 Å². The van der Waals surface area contributed by atoms with E-state index in [1.165, 1.54) is 12.8 Å². The standard InChI is InChI=1S/C15H20INO2/c16-13-7-5-12(6-8-13)14(18)17-11-15(19)9-3-1-2-4-10-15/h5-8,19H,1-4,9-11H2,(H,17,18). The number of rotatable bonds is 3. The predicted octanol–water partition coefficient (Wildman–Crippen LogP) is 3.11. The van der Waals surface area contributed by atoms with E-state index in [1.807, 2.05) is 24.3 Å². The van der Waals surface area contributed by atoms with Crippen LogP contribution in [0.2, 0.25) is 0 Å². The summed E-state index contributed by atoms with van der Waals surface area (Å²) in [5, 5.41) is 13.3. The van der Waals surface area contributed by atoms with E-state index >= 15 is 0 Å². The fourth-order valence-electron chi connectivity index (χ4n) is 2.51. The van der Waals surface area contributed by atoms with E-state index in [0.717, 1.165) is 29.3 Å². The first-order chi connectivity index (χ1) is 9.09. The number of carbonyl (C=O) groups is 1. The number of halogens is 1. The monoisotopic (exact) mass is 373 g/mol. The Morgan fingerprint density at radius 3 is 2.32 bits per heavy atom. The zero-order chi connectivity index (χ0) is 13.7. The van der Waals surface area contributed by atoms with Gasteiger partial charge in [-0.1, -0.05) is 25.7 Å². The van der Waals surface area contributed by atoms with Gasteiger partial charge in [-0.05, 0) is 59.7 Å². The Morgan fingerprint density at radius 1 is 1.16 bits per heavy atom. The Morgan fingerprint density at radius 2 is 1.74 bits per heavy atom. The van der Waals surface area contributed by atoms with Crippen LogP contribution in [0.15, 0.2) is 24.3 Å². The lowest BCUT2D eigenvalue weighted by Gasteiger charge is -2.26. The van der Waals surface area contributed by atoms with E-state index in [0.29, 0.717) is 12.1 Å². The molecule has 0 bridgehead atoms. The SMILES string of the molecule is O=C(NCC1(O)CCCCCC1)c1ccc(I)cc1. The van der Waals surface area contributed by atoms with E-state index < -0.39 is 5.60 Å². The molecule has 1 amide bonds. The van der Waals surface area contributed by atoms with Gasteiger partial charge in [0.25, 0.3) is 5.91 Å². The zero-order valence-corrected chi connectivity index (χ0v) is 13.2. The summed E-state index contributed by atoms with van der Waals surface area (Å²) in [7, 11) is 0. The smallest absolute Gasteiger partial charge is 0.251 e. The highest BCUT2D eigenvalue weighted by molar-refractivity contribution is 14.1. The third-order valence-electron chi connectivity index (χ3n) is 3.72. The lowest BCUT2D eigenvalue weighted by Crippen LogP contribution is -2.42. The first kappa shape index (κ1) is 14.8. The molecule has 0 unspecified atom stereocenters. The molecule has 4 heteroatoms. The maximum absolute atomic E-state index is 12.0. The van der Waals surface area contributed by atoms with Crippen LogP contribution in [0.1, 0.15) is 48.9 Å². The third kappa shape index (κ3) is 4.45. The molecule has 1 aliphatic rings. The van der Waals surface area contributed by atoms with Crippen LogP contribution in [0.3, 0.4) is 0 Å². The highest BCUT2D eigenvalue weighted by Gasteiger charge is 2.28. The maximum atomic E-state index is 12.0. The molecule has 3 nitrogen and oxygen atoms in total. The Hall–Kier alpha value is -0.620. The molecule has 0 radical (unpaired) electrons. The third-order valence-corrected chi connectivity index (χ3v) is 4.44. The van der Waals surface area contributed by atoms with Crippen molar-refractivity contribution in [2.45, 2.75) is 44.1 Å². The molecule has 1 fully saturated rings. The first-order valence-electron chi connectivity index (χ1n) is 6.85. The van der Waals surface area contributed by atoms with Crippen molar-refractivity contribution in [2.24, 2.45) is 0 Å². The average Bonchev–Trinajstić information content (AvgIpc) is 2.62. The van der Waals surface area contributed by atoms with E-state index in [-0.39, 0.29) is 5.91 Å². The van der Waals surface area contributed by atoms with Gasteiger partial charge in [-0.2, -0.15) is 0 Å². The van der Waals surface area contributed by atoms with E-state index in [1.54, 1.807) is 0 Å². The van der Waals surface area contributed by atoms with Gasteiger partial charge in [-0.25, -0.2) is 0 Å².